The summed E-state index contributed by atoms with van der Waals surface area (Å²) in [5.41, 5.74) is -1.07. The Balaban J connectivity index is 1.42. The van der Waals surface area contributed by atoms with Crippen LogP contribution in [0.3, 0.4) is 0 Å². The Morgan fingerprint density at radius 3 is 2.20 bits per heavy atom. The molecule has 0 radical (unpaired) electrons. The van der Waals surface area contributed by atoms with Gasteiger partial charge in [-0.15, -0.1) is 0 Å². The second-order valence-electron chi connectivity index (χ2n) is 10.9. The quantitative estimate of drug-likeness (QED) is 0.180. The molecule has 46 heavy (non-hydrogen) atoms. The first-order valence-corrected chi connectivity index (χ1v) is 14.2. The lowest BCUT2D eigenvalue weighted by Crippen LogP contribution is -2.57. The fourth-order valence-electron chi connectivity index (χ4n) is 5.45. The molecular weight excluding hydrogens is 614 g/mol. The molecule has 1 aromatic heterocycles. The highest BCUT2D eigenvalue weighted by Crippen LogP contribution is 2.37. The third-order valence-electron chi connectivity index (χ3n) is 7.67. The van der Waals surface area contributed by atoms with Gasteiger partial charge in [0.15, 0.2) is 0 Å². The highest BCUT2D eigenvalue weighted by molar-refractivity contribution is 5.96. The SMILES string of the molecule is CC(=O)Nc1ccc(/C=C/C(=O)N2CCN(C(=O)c3cc(C(F)(F)F)cc(C(F)(F)F)c3)[C@H](Cc3c[nH]c4ccccc34)C2)cc1. The molecule has 2 heterocycles. The molecule has 0 saturated carbocycles. The van der Waals surface area contributed by atoms with Gasteiger partial charge in [-0.1, -0.05) is 30.3 Å². The normalized spacial score (nSPS) is 15.8. The number of piperazine rings is 1. The predicted octanol–water partition coefficient (Wildman–Crippen LogP) is 6.77. The summed E-state index contributed by atoms with van der Waals surface area (Å²) < 4.78 is 81.4. The van der Waals surface area contributed by atoms with E-state index in [0.29, 0.717) is 23.4 Å². The number of carbonyl (C=O) groups excluding carboxylic acids is 3. The van der Waals surface area contributed by atoms with Gasteiger partial charge in [-0.2, -0.15) is 26.3 Å². The van der Waals surface area contributed by atoms with Crippen molar-refractivity contribution in [3.05, 3.63) is 107 Å². The van der Waals surface area contributed by atoms with Crippen LogP contribution in [0.15, 0.2) is 79.0 Å². The van der Waals surface area contributed by atoms with Gasteiger partial charge in [-0.05, 0) is 60.0 Å². The Bertz CT molecular complexity index is 1760. The summed E-state index contributed by atoms with van der Waals surface area (Å²) in [5.74, 6) is -1.61. The minimum atomic E-state index is -5.11. The largest absolute Gasteiger partial charge is 0.416 e. The van der Waals surface area contributed by atoms with E-state index in [-0.39, 0.29) is 43.9 Å². The molecule has 1 aliphatic heterocycles. The van der Waals surface area contributed by atoms with Crippen LogP contribution < -0.4 is 5.32 Å². The first kappa shape index (κ1) is 32.3. The van der Waals surface area contributed by atoms with Gasteiger partial charge in [0.05, 0.1) is 17.2 Å². The number of fused-ring (bicyclic) bond motifs is 1. The van der Waals surface area contributed by atoms with Crippen LogP contribution in [0.2, 0.25) is 0 Å². The van der Waals surface area contributed by atoms with Crippen molar-refractivity contribution in [3.63, 3.8) is 0 Å². The second-order valence-corrected chi connectivity index (χ2v) is 10.9. The van der Waals surface area contributed by atoms with Crippen LogP contribution in [0.4, 0.5) is 32.0 Å². The molecule has 2 N–H and O–H groups in total. The number of aromatic amines is 1. The molecule has 5 rings (SSSR count). The molecule has 13 heteroatoms. The maximum absolute atomic E-state index is 13.7. The van der Waals surface area contributed by atoms with Crippen LogP contribution in [-0.2, 0) is 28.4 Å². The maximum atomic E-state index is 13.7. The highest BCUT2D eigenvalue weighted by Gasteiger charge is 2.39. The smallest absolute Gasteiger partial charge is 0.361 e. The number of para-hydroxylation sites is 1. The molecule has 1 saturated heterocycles. The Kier molecular flexibility index (Phi) is 8.95. The molecule has 240 valence electrons. The number of carbonyl (C=O) groups is 3. The number of hydrogen-bond donors (Lipinski definition) is 2. The zero-order valence-electron chi connectivity index (χ0n) is 24.4. The Hall–Kier alpha value is -5.07. The third-order valence-corrected chi connectivity index (χ3v) is 7.67. The number of nitrogens with one attached hydrogen (secondary N) is 2. The van der Waals surface area contributed by atoms with Gasteiger partial charge in [-0.25, -0.2) is 0 Å². The van der Waals surface area contributed by atoms with Gasteiger partial charge >= 0.3 is 12.4 Å². The first-order valence-electron chi connectivity index (χ1n) is 14.2. The number of amides is 3. The van der Waals surface area contributed by atoms with Gasteiger partial charge in [0.25, 0.3) is 5.91 Å². The zero-order valence-corrected chi connectivity index (χ0v) is 24.4. The van der Waals surface area contributed by atoms with Crippen molar-refractivity contribution in [2.24, 2.45) is 0 Å². The number of nitrogens with zero attached hydrogens (tertiary/aromatic N) is 2. The van der Waals surface area contributed by atoms with Gasteiger partial charge in [-0.3, -0.25) is 14.4 Å². The van der Waals surface area contributed by atoms with E-state index < -0.39 is 41.0 Å². The summed E-state index contributed by atoms with van der Waals surface area (Å²) in [6.07, 6.45) is -5.39. The van der Waals surface area contributed by atoms with E-state index in [1.54, 1.807) is 36.5 Å². The van der Waals surface area contributed by atoms with E-state index >= 15 is 0 Å². The molecule has 1 atom stereocenters. The standard InChI is InChI=1S/C33H28F6N4O3/c1-20(44)41-26-9-6-21(7-10-26)8-11-30(45)42-12-13-43(27(19-42)16-23-18-40-29-5-3-2-4-28(23)29)31(46)22-14-24(32(34,35)36)17-25(15-22)33(37,38)39/h2-11,14-15,17-18,27,40H,12-13,16,19H2,1H3,(H,41,44)/b11-8+/t27-/m1/s1. The van der Waals surface area contributed by atoms with Gasteiger partial charge in [0, 0.05) is 61.0 Å². The van der Waals surface area contributed by atoms with E-state index in [0.717, 1.165) is 16.5 Å². The van der Waals surface area contributed by atoms with Crippen molar-refractivity contribution < 1.29 is 40.7 Å². The summed E-state index contributed by atoms with van der Waals surface area (Å²) in [7, 11) is 0. The Labute approximate surface area is 259 Å². The van der Waals surface area contributed by atoms with E-state index in [2.05, 4.69) is 10.3 Å². The fourth-order valence-corrected chi connectivity index (χ4v) is 5.45. The Morgan fingerprint density at radius 2 is 1.57 bits per heavy atom. The van der Waals surface area contributed by atoms with Crippen molar-refractivity contribution in [2.45, 2.75) is 31.7 Å². The Morgan fingerprint density at radius 1 is 0.913 bits per heavy atom. The van der Waals surface area contributed by atoms with Gasteiger partial charge < -0.3 is 20.1 Å². The minimum Gasteiger partial charge on any atom is -0.361 e. The third kappa shape index (κ3) is 7.41. The first-order chi connectivity index (χ1) is 21.7. The molecule has 1 fully saturated rings. The molecule has 0 unspecified atom stereocenters. The van der Waals surface area contributed by atoms with Gasteiger partial charge in [0.1, 0.15) is 0 Å². The molecule has 1 aliphatic rings. The number of aromatic nitrogens is 1. The van der Waals surface area contributed by atoms with Crippen LogP contribution in [0.5, 0.6) is 0 Å². The van der Waals surface area contributed by atoms with Crippen LogP contribution >= 0.6 is 0 Å². The summed E-state index contributed by atoms with van der Waals surface area (Å²) in [6, 6.07) is 14.2. The van der Waals surface area contributed by atoms with Crippen molar-refractivity contribution in [1.29, 1.82) is 0 Å². The number of benzene rings is 3. The van der Waals surface area contributed by atoms with Crippen LogP contribution in [0.1, 0.15) is 39.5 Å². The number of halogens is 6. The fraction of sp³-hybridized carbons (Fsp3) is 0.242. The number of anilines is 1. The monoisotopic (exact) mass is 642 g/mol. The number of H-pyrrole nitrogens is 1. The van der Waals surface area contributed by atoms with Crippen LogP contribution in [0, 0.1) is 0 Å². The lowest BCUT2D eigenvalue weighted by molar-refractivity contribution is -0.143. The summed E-state index contributed by atoms with van der Waals surface area (Å²) >= 11 is 0. The van der Waals surface area contributed by atoms with Crippen molar-refractivity contribution >= 4 is 40.4 Å². The molecule has 7 nitrogen and oxygen atoms in total. The van der Waals surface area contributed by atoms with Crippen molar-refractivity contribution in [1.82, 2.24) is 14.8 Å². The summed E-state index contributed by atoms with van der Waals surface area (Å²) in [5, 5.41) is 3.48. The molecule has 3 aromatic carbocycles. The molecule has 0 bridgehead atoms. The predicted molar refractivity (Wildman–Crippen MR) is 160 cm³/mol. The van der Waals surface area contributed by atoms with E-state index in [9.17, 15) is 40.7 Å². The average Bonchev–Trinajstić information content (AvgIpc) is 3.41. The number of alkyl halides is 6. The lowest BCUT2D eigenvalue weighted by Gasteiger charge is -2.41. The lowest BCUT2D eigenvalue weighted by atomic mass is 9.98. The molecule has 0 aliphatic carbocycles. The molecule has 4 aromatic rings. The van der Waals surface area contributed by atoms with E-state index in [1.807, 2.05) is 24.3 Å². The molecule has 0 spiro atoms. The second kappa shape index (κ2) is 12.7. The number of rotatable bonds is 6. The minimum absolute atomic E-state index is 0.00581. The highest BCUT2D eigenvalue weighted by atomic mass is 19.4. The number of hydrogen-bond acceptors (Lipinski definition) is 3. The van der Waals surface area contributed by atoms with E-state index in [4.69, 9.17) is 0 Å². The van der Waals surface area contributed by atoms with Crippen molar-refractivity contribution in [3.8, 4) is 0 Å². The molecular formula is C33H28F6N4O3. The van der Waals surface area contributed by atoms with Crippen molar-refractivity contribution in [2.75, 3.05) is 25.0 Å². The zero-order chi connectivity index (χ0) is 33.2. The van der Waals surface area contributed by atoms with Crippen LogP contribution in [-0.4, -0.2) is 58.2 Å². The van der Waals surface area contributed by atoms with Crippen LogP contribution in [0.25, 0.3) is 17.0 Å². The average molecular weight is 643 g/mol. The van der Waals surface area contributed by atoms with E-state index in [1.165, 1.54) is 22.8 Å². The maximum Gasteiger partial charge on any atom is 0.416 e. The van der Waals surface area contributed by atoms with Gasteiger partial charge in [0.2, 0.25) is 11.8 Å². The topological polar surface area (TPSA) is 85.5 Å². The summed E-state index contributed by atoms with van der Waals surface area (Å²) in [6.45, 7) is 1.26. The molecule has 3 amide bonds. The summed E-state index contributed by atoms with van der Waals surface area (Å²) in [4.78, 5) is 44.0.